The van der Waals surface area contributed by atoms with E-state index in [0.29, 0.717) is 18.7 Å². The molecule has 0 aliphatic carbocycles. The Kier molecular flexibility index (Phi) is 7.80. The number of carbonyl (C=O) groups is 2. The summed E-state index contributed by atoms with van der Waals surface area (Å²) in [5.74, 6) is -1.27. The number of carbonyl (C=O) groups excluding carboxylic acids is 2. The van der Waals surface area contributed by atoms with Crippen molar-refractivity contribution in [3.05, 3.63) is 40.6 Å². The van der Waals surface area contributed by atoms with Crippen molar-refractivity contribution < 1.29 is 19.1 Å². The van der Waals surface area contributed by atoms with Crippen LogP contribution in [0, 0.1) is 11.3 Å². The molecule has 6 nitrogen and oxygen atoms in total. The Morgan fingerprint density at radius 1 is 1.42 bits per heavy atom. The van der Waals surface area contributed by atoms with Crippen LogP contribution in [0.25, 0.3) is 0 Å². The van der Waals surface area contributed by atoms with E-state index < -0.39 is 11.9 Å². The third kappa shape index (κ3) is 5.60. The first-order chi connectivity index (χ1) is 11.4. The monoisotopic (exact) mass is 350 g/mol. The molecule has 7 heteroatoms. The van der Waals surface area contributed by atoms with Crippen LogP contribution in [-0.2, 0) is 14.3 Å². The number of anilines is 1. The Labute approximate surface area is 146 Å². The maximum atomic E-state index is 11.9. The molecule has 0 unspecified atom stereocenters. The quantitative estimate of drug-likeness (QED) is 0.458. The van der Waals surface area contributed by atoms with Crippen molar-refractivity contribution in [3.63, 3.8) is 0 Å². The fourth-order valence-electron chi connectivity index (χ4n) is 1.64. The summed E-state index contributed by atoms with van der Waals surface area (Å²) in [6.07, 6.45) is 1.55. The lowest BCUT2D eigenvalue weighted by Gasteiger charge is -2.10. The molecule has 0 spiro atoms. The van der Waals surface area contributed by atoms with Gasteiger partial charge in [0.25, 0.3) is 0 Å². The highest BCUT2D eigenvalue weighted by Crippen LogP contribution is 2.26. The van der Waals surface area contributed by atoms with Crippen LogP contribution in [-0.4, -0.2) is 24.6 Å². The van der Waals surface area contributed by atoms with Crippen LogP contribution in [0.5, 0.6) is 0 Å². The van der Waals surface area contributed by atoms with E-state index in [2.05, 4.69) is 5.32 Å². The summed E-state index contributed by atoms with van der Waals surface area (Å²) in [6, 6.07) is 6.51. The molecule has 1 aromatic carbocycles. The second-order valence-electron chi connectivity index (χ2n) is 5.07. The minimum atomic E-state index is -0.741. The first-order valence-electron chi connectivity index (χ1n) is 7.44. The van der Waals surface area contributed by atoms with E-state index in [9.17, 15) is 9.59 Å². The number of nitriles is 1. The Bertz CT molecular complexity index is 678. The van der Waals surface area contributed by atoms with E-state index in [1.54, 1.807) is 32.0 Å². The molecule has 1 N–H and O–H groups in total. The normalized spacial score (nSPS) is 10.9. The van der Waals surface area contributed by atoms with Crippen LogP contribution in [0.15, 0.2) is 30.0 Å². The van der Waals surface area contributed by atoms with Crippen molar-refractivity contribution in [3.8, 4) is 6.07 Å². The Morgan fingerprint density at radius 3 is 2.71 bits per heavy atom. The van der Waals surface area contributed by atoms with Gasteiger partial charge in [0.05, 0.1) is 29.0 Å². The van der Waals surface area contributed by atoms with Crippen LogP contribution >= 0.6 is 11.6 Å². The number of hydrogen-bond acceptors (Lipinski definition) is 6. The highest BCUT2D eigenvalue weighted by atomic mass is 35.5. The van der Waals surface area contributed by atoms with Gasteiger partial charge in [-0.3, -0.25) is 0 Å². The maximum absolute atomic E-state index is 11.9. The number of rotatable bonds is 7. The fraction of sp³-hybridized carbons (Fsp3) is 0.353. The summed E-state index contributed by atoms with van der Waals surface area (Å²) < 4.78 is 10.0. The molecule has 0 fully saturated rings. The number of ether oxygens (including phenoxy) is 2. The average Bonchev–Trinajstić information content (AvgIpc) is 2.53. The standard InChI is InChI=1S/C17H19ClN2O4/c1-4-8-23-17(22)13-6-5-7-14(15(13)18)20-10-12(9-19)16(21)24-11(2)3/h5-7,10-11,20H,4,8H2,1-3H3. The summed E-state index contributed by atoms with van der Waals surface area (Å²) in [4.78, 5) is 23.6. The van der Waals surface area contributed by atoms with Crippen molar-refractivity contribution in [2.75, 3.05) is 11.9 Å². The van der Waals surface area contributed by atoms with Gasteiger partial charge in [0.15, 0.2) is 5.57 Å². The molecule has 0 saturated heterocycles. The Hall–Kier alpha value is -2.52. The topological polar surface area (TPSA) is 88.4 Å². The van der Waals surface area contributed by atoms with Gasteiger partial charge in [-0.15, -0.1) is 0 Å². The van der Waals surface area contributed by atoms with Crippen LogP contribution in [0.1, 0.15) is 37.6 Å². The van der Waals surface area contributed by atoms with Crippen molar-refractivity contribution >= 4 is 29.2 Å². The van der Waals surface area contributed by atoms with E-state index in [-0.39, 0.29) is 22.3 Å². The molecular formula is C17H19ClN2O4. The molecule has 0 atom stereocenters. The molecule has 0 radical (unpaired) electrons. The summed E-state index contributed by atoms with van der Waals surface area (Å²) >= 11 is 6.18. The lowest BCUT2D eigenvalue weighted by atomic mass is 10.2. The first kappa shape index (κ1) is 19.5. The highest BCUT2D eigenvalue weighted by molar-refractivity contribution is 6.36. The van der Waals surface area contributed by atoms with Gasteiger partial charge in [-0.05, 0) is 32.4 Å². The van der Waals surface area contributed by atoms with Crippen molar-refractivity contribution in [1.82, 2.24) is 0 Å². The average molecular weight is 351 g/mol. The fourth-order valence-corrected chi connectivity index (χ4v) is 1.90. The summed E-state index contributed by atoms with van der Waals surface area (Å²) in [5, 5.41) is 11.9. The molecule has 128 valence electrons. The number of esters is 2. The molecule has 0 heterocycles. The SMILES string of the molecule is CCCOC(=O)c1cccc(NC=C(C#N)C(=O)OC(C)C)c1Cl. The molecule has 1 rings (SSSR count). The molecule has 0 bridgehead atoms. The van der Waals surface area contributed by atoms with Gasteiger partial charge in [-0.1, -0.05) is 24.6 Å². The minimum absolute atomic E-state index is 0.143. The lowest BCUT2D eigenvalue weighted by molar-refractivity contribution is -0.142. The van der Waals surface area contributed by atoms with Gasteiger partial charge < -0.3 is 14.8 Å². The van der Waals surface area contributed by atoms with Crippen molar-refractivity contribution in [2.45, 2.75) is 33.3 Å². The summed E-state index contributed by atoms with van der Waals surface area (Å²) in [7, 11) is 0. The van der Waals surface area contributed by atoms with Gasteiger partial charge in [0.1, 0.15) is 6.07 Å². The van der Waals surface area contributed by atoms with Crippen molar-refractivity contribution in [2.24, 2.45) is 0 Å². The summed E-state index contributed by atoms with van der Waals surface area (Å²) in [6.45, 7) is 5.55. The van der Waals surface area contributed by atoms with Gasteiger partial charge in [-0.25, -0.2) is 9.59 Å². The zero-order valence-corrected chi connectivity index (χ0v) is 14.5. The van der Waals surface area contributed by atoms with Gasteiger partial charge >= 0.3 is 11.9 Å². The van der Waals surface area contributed by atoms with E-state index in [1.165, 1.54) is 12.3 Å². The largest absolute Gasteiger partial charge is 0.462 e. The third-order valence-corrected chi connectivity index (χ3v) is 3.12. The minimum Gasteiger partial charge on any atom is -0.462 e. The molecule has 0 aromatic heterocycles. The van der Waals surface area contributed by atoms with E-state index in [1.807, 2.05) is 6.92 Å². The number of nitrogens with one attached hydrogen (secondary N) is 1. The second-order valence-corrected chi connectivity index (χ2v) is 5.45. The Balaban J connectivity index is 2.95. The van der Waals surface area contributed by atoms with E-state index >= 15 is 0 Å². The molecule has 0 amide bonds. The van der Waals surface area contributed by atoms with Crippen LogP contribution in [0.2, 0.25) is 5.02 Å². The van der Waals surface area contributed by atoms with Gasteiger partial charge in [0.2, 0.25) is 0 Å². The van der Waals surface area contributed by atoms with Gasteiger partial charge in [0, 0.05) is 6.20 Å². The first-order valence-corrected chi connectivity index (χ1v) is 7.81. The lowest BCUT2D eigenvalue weighted by Crippen LogP contribution is -2.14. The molecule has 0 aliphatic heterocycles. The van der Waals surface area contributed by atoms with Crippen LogP contribution in [0.3, 0.4) is 0 Å². The van der Waals surface area contributed by atoms with Crippen molar-refractivity contribution in [1.29, 1.82) is 5.26 Å². The zero-order chi connectivity index (χ0) is 18.1. The predicted molar refractivity (Wildman–Crippen MR) is 90.6 cm³/mol. The van der Waals surface area contributed by atoms with Crippen LogP contribution in [0.4, 0.5) is 5.69 Å². The smallest absolute Gasteiger partial charge is 0.350 e. The molecule has 1 aromatic rings. The number of hydrogen-bond donors (Lipinski definition) is 1. The van der Waals surface area contributed by atoms with E-state index in [4.69, 9.17) is 26.3 Å². The predicted octanol–water partition coefficient (Wildman–Crippen LogP) is 3.68. The third-order valence-electron chi connectivity index (χ3n) is 2.71. The Morgan fingerprint density at radius 2 is 2.12 bits per heavy atom. The van der Waals surface area contributed by atoms with E-state index in [0.717, 1.165) is 0 Å². The van der Waals surface area contributed by atoms with Gasteiger partial charge in [-0.2, -0.15) is 5.26 Å². The summed E-state index contributed by atoms with van der Waals surface area (Å²) in [5.41, 5.74) is 0.359. The molecular weight excluding hydrogens is 332 g/mol. The number of halogens is 1. The second kappa shape index (κ2) is 9.58. The molecule has 24 heavy (non-hydrogen) atoms. The zero-order valence-electron chi connectivity index (χ0n) is 13.8. The molecule has 0 aliphatic rings. The number of benzene rings is 1. The highest BCUT2D eigenvalue weighted by Gasteiger charge is 2.16. The maximum Gasteiger partial charge on any atom is 0.350 e. The molecule has 0 saturated carbocycles. The number of nitrogens with zero attached hydrogens (tertiary/aromatic N) is 1. The van der Waals surface area contributed by atoms with Crippen LogP contribution < -0.4 is 5.32 Å².